The summed E-state index contributed by atoms with van der Waals surface area (Å²) in [5.74, 6) is 0. The first kappa shape index (κ1) is 12.4. The van der Waals surface area contributed by atoms with E-state index in [4.69, 9.17) is 4.74 Å². The second kappa shape index (κ2) is 6.07. The number of nitro groups is 1. The lowest BCUT2D eigenvalue weighted by Crippen LogP contribution is -2.23. The highest BCUT2D eigenvalue weighted by Gasteiger charge is 2.09. The molecule has 5 heteroatoms. The van der Waals surface area contributed by atoms with Crippen LogP contribution in [0.2, 0.25) is 0 Å². The average molecular weight is 224 g/mol. The summed E-state index contributed by atoms with van der Waals surface area (Å²) in [6, 6.07) is 6.65. The van der Waals surface area contributed by atoms with Crippen molar-refractivity contribution in [3.05, 3.63) is 34.4 Å². The standard InChI is InChI=1S/C11H16N2O3/c1-3-9(8-16-2)12-10-5-4-6-11(7-10)13(14)15/h4-7,9,12H,3,8H2,1-2H3. The number of rotatable bonds is 6. The van der Waals surface area contributed by atoms with Gasteiger partial charge in [0.05, 0.1) is 11.5 Å². The molecule has 1 rings (SSSR count). The third-order valence-corrected chi connectivity index (χ3v) is 2.29. The fourth-order valence-electron chi connectivity index (χ4n) is 1.41. The van der Waals surface area contributed by atoms with E-state index in [1.165, 1.54) is 12.1 Å². The van der Waals surface area contributed by atoms with Crippen LogP contribution in [0.1, 0.15) is 13.3 Å². The van der Waals surface area contributed by atoms with Crippen LogP contribution in [0.4, 0.5) is 11.4 Å². The van der Waals surface area contributed by atoms with Crippen molar-refractivity contribution < 1.29 is 9.66 Å². The number of nitrogens with zero attached hydrogens (tertiary/aromatic N) is 1. The van der Waals surface area contributed by atoms with Gasteiger partial charge in [0.25, 0.3) is 5.69 Å². The van der Waals surface area contributed by atoms with E-state index in [-0.39, 0.29) is 11.7 Å². The van der Waals surface area contributed by atoms with E-state index in [0.29, 0.717) is 6.61 Å². The number of methoxy groups -OCH3 is 1. The highest BCUT2D eigenvalue weighted by atomic mass is 16.6. The van der Waals surface area contributed by atoms with Gasteiger partial charge in [0.1, 0.15) is 0 Å². The van der Waals surface area contributed by atoms with Gasteiger partial charge in [0.2, 0.25) is 0 Å². The minimum Gasteiger partial charge on any atom is -0.383 e. The molecule has 0 aliphatic heterocycles. The Morgan fingerprint density at radius 3 is 2.88 bits per heavy atom. The number of hydrogen-bond donors (Lipinski definition) is 1. The number of hydrogen-bond acceptors (Lipinski definition) is 4. The van der Waals surface area contributed by atoms with E-state index in [1.54, 1.807) is 13.2 Å². The minimum absolute atomic E-state index is 0.0947. The van der Waals surface area contributed by atoms with Crippen LogP contribution >= 0.6 is 0 Å². The Morgan fingerprint density at radius 2 is 2.31 bits per heavy atom. The number of nitro benzene ring substituents is 1. The lowest BCUT2D eigenvalue weighted by Gasteiger charge is -2.16. The van der Waals surface area contributed by atoms with Gasteiger partial charge in [-0.25, -0.2) is 0 Å². The van der Waals surface area contributed by atoms with Gasteiger partial charge in [0.15, 0.2) is 0 Å². The molecule has 0 bridgehead atoms. The van der Waals surface area contributed by atoms with Crippen molar-refractivity contribution in [1.29, 1.82) is 0 Å². The Labute approximate surface area is 94.6 Å². The van der Waals surface area contributed by atoms with E-state index in [9.17, 15) is 10.1 Å². The molecule has 1 N–H and O–H groups in total. The minimum atomic E-state index is -0.400. The molecule has 0 fully saturated rings. The number of ether oxygens (including phenoxy) is 1. The zero-order valence-electron chi connectivity index (χ0n) is 9.47. The van der Waals surface area contributed by atoms with Crippen molar-refractivity contribution in [3.63, 3.8) is 0 Å². The van der Waals surface area contributed by atoms with Crippen LogP contribution in [0.15, 0.2) is 24.3 Å². The molecule has 0 aromatic heterocycles. The van der Waals surface area contributed by atoms with E-state index in [1.807, 2.05) is 13.0 Å². The number of non-ortho nitro benzene ring substituents is 1. The summed E-state index contributed by atoms with van der Waals surface area (Å²) in [5, 5.41) is 13.8. The Balaban J connectivity index is 2.72. The maximum atomic E-state index is 10.6. The summed E-state index contributed by atoms with van der Waals surface area (Å²) in [6.45, 7) is 2.62. The van der Waals surface area contributed by atoms with Crippen molar-refractivity contribution in [2.45, 2.75) is 19.4 Å². The van der Waals surface area contributed by atoms with Gasteiger partial charge in [-0.05, 0) is 12.5 Å². The molecule has 0 saturated carbocycles. The van der Waals surface area contributed by atoms with Crippen LogP contribution in [0.25, 0.3) is 0 Å². The summed E-state index contributed by atoms with van der Waals surface area (Å²) < 4.78 is 5.05. The Morgan fingerprint density at radius 1 is 1.56 bits per heavy atom. The predicted molar refractivity (Wildman–Crippen MR) is 62.7 cm³/mol. The maximum absolute atomic E-state index is 10.6. The lowest BCUT2D eigenvalue weighted by molar-refractivity contribution is -0.384. The molecule has 0 radical (unpaired) electrons. The van der Waals surface area contributed by atoms with Crippen LogP contribution in [-0.4, -0.2) is 24.7 Å². The van der Waals surface area contributed by atoms with Gasteiger partial charge >= 0.3 is 0 Å². The fraction of sp³-hybridized carbons (Fsp3) is 0.455. The van der Waals surface area contributed by atoms with Crippen molar-refractivity contribution in [2.75, 3.05) is 19.0 Å². The SMILES string of the molecule is CCC(COC)Nc1cccc([N+](=O)[O-])c1. The van der Waals surface area contributed by atoms with E-state index in [2.05, 4.69) is 5.32 Å². The second-order valence-electron chi connectivity index (χ2n) is 3.51. The van der Waals surface area contributed by atoms with Gasteiger partial charge in [0, 0.05) is 31.0 Å². The molecule has 5 nitrogen and oxygen atoms in total. The largest absolute Gasteiger partial charge is 0.383 e. The van der Waals surface area contributed by atoms with Crippen molar-refractivity contribution in [2.24, 2.45) is 0 Å². The normalized spacial score (nSPS) is 12.1. The van der Waals surface area contributed by atoms with Crippen LogP contribution in [0, 0.1) is 10.1 Å². The molecule has 0 heterocycles. The second-order valence-corrected chi connectivity index (χ2v) is 3.51. The summed E-state index contributed by atoms with van der Waals surface area (Å²) >= 11 is 0. The number of nitrogens with one attached hydrogen (secondary N) is 1. The van der Waals surface area contributed by atoms with E-state index in [0.717, 1.165) is 12.1 Å². The molecule has 0 amide bonds. The van der Waals surface area contributed by atoms with Gasteiger partial charge in [-0.3, -0.25) is 10.1 Å². The highest BCUT2D eigenvalue weighted by Crippen LogP contribution is 2.18. The summed E-state index contributed by atoms with van der Waals surface area (Å²) in [6.07, 6.45) is 0.899. The third-order valence-electron chi connectivity index (χ3n) is 2.29. The molecule has 1 aromatic carbocycles. The first-order valence-electron chi connectivity index (χ1n) is 5.17. The molecule has 0 aliphatic carbocycles. The Bertz CT molecular complexity index is 355. The maximum Gasteiger partial charge on any atom is 0.271 e. The molecule has 0 spiro atoms. The summed E-state index contributed by atoms with van der Waals surface area (Å²) in [5.41, 5.74) is 0.843. The van der Waals surface area contributed by atoms with E-state index < -0.39 is 4.92 Å². The van der Waals surface area contributed by atoms with E-state index >= 15 is 0 Å². The molecule has 0 saturated heterocycles. The van der Waals surface area contributed by atoms with Gasteiger partial charge < -0.3 is 10.1 Å². The van der Waals surface area contributed by atoms with Crippen LogP contribution in [0.5, 0.6) is 0 Å². The third kappa shape index (κ3) is 3.51. The van der Waals surface area contributed by atoms with Gasteiger partial charge in [-0.15, -0.1) is 0 Å². The van der Waals surface area contributed by atoms with Crippen molar-refractivity contribution in [1.82, 2.24) is 0 Å². The summed E-state index contributed by atoms with van der Waals surface area (Å²) in [4.78, 5) is 10.2. The van der Waals surface area contributed by atoms with Crippen molar-refractivity contribution >= 4 is 11.4 Å². The first-order chi connectivity index (χ1) is 7.67. The van der Waals surface area contributed by atoms with Gasteiger partial charge in [-0.2, -0.15) is 0 Å². The Kier molecular flexibility index (Phi) is 4.72. The molecular weight excluding hydrogens is 208 g/mol. The average Bonchev–Trinajstić information content (AvgIpc) is 2.29. The van der Waals surface area contributed by atoms with Crippen LogP contribution < -0.4 is 5.32 Å². The monoisotopic (exact) mass is 224 g/mol. The Hall–Kier alpha value is -1.62. The van der Waals surface area contributed by atoms with Crippen molar-refractivity contribution in [3.8, 4) is 0 Å². The smallest absolute Gasteiger partial charge is 0.271 e. The number of anilines is 1. The zero-order valence-corrected chi connectivity index (χ0v) is 9.47. The molecule has 0 aliphatic rings. The molecule has 1 unspecified atom stereocenters. The lowest BCUT2D eigenvalue weighted by atomic mass is 10.2. The summed E-state index contributed by atoms with van der Waals surface area (Å²) in [7, 11) is 1.64. The predicted octanol–water partition coefficient (Wildman–Crippen LogP) is 2.43. The highest BCUT2D eigenvalue weighted by molar-refractivity contribution is 5.51. The van der Waals surface area contributed by atoms with Crippen LogP contribution in [0.3, 0.4) is 0 Å². The van der Waals surface area contributed by atoms with Crippen LogP contribution in [-0.2, 0) is 4.74 Å². The first-order valence-corrected chi connectivity index (χ1v) is 5.17. The molecule has 1 atom stereocenters. The molecular formula is C11H16N2O3. The molecule has 88 valence electrons. The molecule has 16 heavy (non-hydrogen) atoms. The zero-order chi connectivity index (χ0) is 12.0. The van der Waals surface area contributed by atoms with Gasteiger partial charge in [-0.1, -0.05) is 13.0 Å². The quantitative estimate of drug-likeness (QED) is 0.595. The topological polar surface area (TPSA) is 64.4 Å². The molecule has 1 aromatic rings. The fourth-order valence-corrected chi connectivity index (χ4v) is 1.41. The number of benzene rings is 1.